The van der Waals surface area contributed by atoms with Crippen LogP contribution in [-0.4, -0.2) is 48.4 Å². The molecule has 1 heterocycles. The topological polar surface area (TPSA) is 61.4 Å². The summed E-state index contributed by atoms with van der Waals surface area (Å²) >= 11 is 0. The summed E-state index contributed by atoms with van der Waals surface area (Å²) in [4.78, 5) is 24.6. The molecule has 5 heteroatoms. The molecule has 2 rings (SSSR count). The summed E-state index contributed by atoms with van der Waals surface area (Å²) in [5, 5.41) is 5.43. The summed E-state index contributed by atoms with van der Waals surface area (Å²) in [7, 11) is 0. The summed E-state index contributed by atoms with van der Waals surface area (Å²) in [5.74, 6) is -0.350. The van der Waals surface area contributed by atoms with Crippen LogP contribution in [0.3, 0.4) is 0 Å². The molecule has 0 aromatic rings. The second-order valence-electron chi connectivity index (χ2n) is 4.48. The highest BCUT2D eigenvalue weighted by molar-refractivity contribution is 6.05. The molecular formula is C11H19N3O2. The van der Waals surface area contributed by atoms with E-state index in [4.69, 9.17) is 0 Å². The monoisotopic (exact) mass is 225 g/mol. The summed E-state index contributed by atoms with van der Waals surface area (Å²) in [6, 6.07) is 0.441. The number of carbonyl (C=O) groups excluding carboxylic acids is 2. The van der Waals surface area contributed by atoms with Crippen molar-refractivity contribution in [3.8, 4) is 0 Å². The number of imide groups is 1. The largest absolute Gasteiger partial charge is 0.304 e. The average Bonchev–Trinajstić information content (AvgIpc) is 3.01. The Balaban J connectivity index is 1.67. The Morgan fingerprint density at radius 2 is 2.19 bits per heavy atom. The number of rotatable bonds is 6. The Kier molecular flexibility index (Phi) is 3.56. The average molecular weight is 225 g/mol. The zero-order valence-corrected chi connectivity index (χ0v) is 9.66. The fraction of sp³-hybridized carbons (Fsp3) is 0.818. The Morgan fingerprint density at radius 1 is 1.44 bits per heavy atom. The molecule has 1 saturated heterocycles. The van der Waals surface area contributed by atoms with Crippen LogP contribution in [0.1, 0.15) is 26.2 Å². The van der Waals surface area contributed by atoms with E-state index in [0.29, 0.717) is 0 Å². The first-order chi connectivity index (χ1) is 7.70. The summed E-state index contributed by atoms with van der Waals surface area (Å²) < 4.78 is 0. The molecule has 2 fully saturated rings. The molecule has 0 radical (unpaired) electrons. The molecule has 16 heavy (non-hydrogen) atoms. The molecule has 0 aromatic heterocycles. The van der Waals surface area contributed by atoms with E-state index in [1.54, 1.807) is 0 Å². The lowest BCUT2D eigenvalue weighted by atomic mass is 10.2. The van der Waals surface area contributed by atoms with Gasteiger partial charge in [0.15, 0.2) is 0 Å². The molecule has 2 aliphatic rings. The molecule has 1 atom stereocenters. The lowest BCUT2D eigenvalue weighted by Gasteiger charge is -2.20. The molecule has 2 N–H and O–H groups in total. The van der Waals surface area contributed by atoms with Gasteiger partial charge in [-0.15, -0.1) is 0 Å². The van der Waals surface area contributed by atoms with Crippen LogP contribution in [0.15, 0.2) is 0 Å². The molecular weight excluding hydrogens is 206 g/mol. The van der Waals surface area contributed by atoms with Crippen molar-refractivity contribution in [2.45, 2.75) is 38.3 Å². The first kappa shape index (κ1) is 11.5. The maximum Gasteiger partial charge on any atom is 0.244 e. The predicted molar refractivity (Wildman–Crippen MR) is 59.8 cm³/mol. The molecule has 0 spiro atoms. The lowest BCUT2D eigenvalue weighted by Crippen LogP contribution is -2.41. The molecule has 1 unspecified atom stereocenters. The number of amides is 2. The maximum absolute atomic E-state index is 11.3. The Hall–Kier alpha value is -0.940. The minimum absolute atomic E-state index is 0.169. The molecule has 90 valence electrons. The van der Waals surface area contributed by atoms with Crippen molar-refractivity contribution >= 4 is 11.8 Å². The van der Waals surface area contributed by atoms with Crippen molar-refractivity contribution in [2.75, 3.05) is 19.6 Å². The van der Waals surface area contributed by atoms with Gasteiger partial charge in [0, 0.05) is 19.1 Å². The molecule has 2 amide bonds. The van der Waals surface area contributed by atoms with Gasteiger partial charge < -0.3 is 5.32 Å². The predicted octanol–water partition coefficient (Wildman–Crippen LogP) is -0.525. The fourth-order valence-electron chi connectivity index (χ4n) is 2.14. The normalized spacial score (nSPS) is 25.2. The highest BCUT2D eigenvalue weighted by atomic mass is 16.2. The minimum Gasteiger partial charge on any atom is -0.304 e. The molecule has 1 aliphatic heterocycles. The van der Waals surface area contributed by atoms with Crippen molar-refractivity contribution in [2.24, 2.45) is 0 Å². The van der Waals surface area contributed by atoms with Crippen LogP contribution in [0.25, 0.3) is 0 Å². The van der Waals surface area contributed by atoms with Crippen LogP contribution in [0.5, 0.6) is 0 Å². The number of nitrogens with one attached hydrogen (secondary N) is 2. The fourth-order valence-corrected chi connectivity index (χ4v) is 2.14. The van der Waals surface area contributed by atoms with Crippen LogP contribution in [-0.2, 0) is 9.59 Å². The van der Waals surface area contributed by atoms with Crippen LogP contribution in [0, 0.1) is 0 Å². The third-order valence-electron chi connectivity index (χ3n) is 3.23. The Bertz CT molecular complexity index is 289. The van der Waals surface area contributed by atoms with Gasteiger partial charge in [-0.25, -0.2) is 0 Å². The van der Waals surface area contributed by atoms with E-state index in [1.807, 2.05) is 0 Å². The number of likely N-dealkylation sites (N-methyl/N-ethyl adjacent to an activating group) is 1. The van der Waals surface area contributed by atoms with Gasteiger partial charge in [0.2, 0.25) is 11.8 Å². The van der Waals surface area contributed by atoms with E-state index in [-0.39, 0.29) is 24.3 Å². The standard InChI is InChI=1S/C11H19N3O2/c1-2-14(8-3-4-8)6-5-12-9-7-10(15)13-11(9)16/h8-9,12H,2-7H2,1H3,(H,13,15,16). The van der Waals surface area contributed by atoms with E-state index < -0.39 is 0 Å². The molecule has 0 bridgehead atoms. The summed E-state index contributed by atoms with van der Waals surface area (Å²) in [5.41, 5.74) is 0. The maximum atomic E-state index is 11.3. The van der Waals surface area contributed by atoms with Crippen molar-refractivity contribution in [3.05, 3.63) is 0 Å². The van der Waals surface area contributed by atoms with Gasteiger partial charge in [-0.1, -0.05) is 6.92 Å². The smallest absolute Gasteiger partial charge is 0.244 e. The number of carbonyl (C=O) groups is 2. The molecule has 5 nitrogen and oxygen atoms in total. The zero-order chi connectivity index (χ0) is 11.5. The second-order valence-corrected chi connectivity index (χ2v) is 4.48. The third-order valence-corrected chi connectivity index (χ3v) is 3.23. The third kappa shape index (κ3) is 2.80. The van der Waals surface area contributed by atoms with Gasteiger partial charge >= 0.3 is 0 Å². The zero-order valence-electron chi connectivity index (χ0n) is 9.66. The van der Waals surface area contributed by atoms with E-state index in [2.05, 4.69) is 22.5 Å². The van der Waals surface area contributed by atoms with E-state index >= 15 is 0 Å². The van der Waals surface area contributed by atoms with Crippen molar-refractivity contribution in [3.63, 3.8) is 0 Å². The lowest BCUT2D eigenvalue weighted by molar-refractivity contribution is -0.125. The van der Waals surface area contributed by atoms with Crippen LogP contribution in [0.2, 0.25) is 0 Å². The number of nitrogens with zero attached hydrogens (tertiary/aromatic N) is 1. The quantitative estimate of drug-likeness (QED) is 0.597. The van der Waals surface area contributed by atoms with Gasteiger partial charge in [0.25, 0.3) is 0 Å². The second kappa shape index (κ2) is 4.93. The van der Waals surface area contributed by atoms with Crippen LogP contribution < -0.4 is 10.6 Å². The summed E-state index contributed by atoms with van der Waals surface area (Å²) in [6.45, 7) is 4.95. The van der Waals surface area contributed by atoms with E-state index in [0.717, 1.165) is 25.7 Å². The van der Waals surface area contributed by atoms with Crippen LogP contribution >= 0.6 is 0 Å². The number of hydrogen-bond acceptors (Lipinski definition) is 4. The highest BCUT2D eigenvalue weighted by Gasteiger charge is 2.31. The van der Waals surface area contributed by atoms with Crippen molar-refractivity contribution < 1.29 is 9.59 Å². The molecule has 1 aliphatic carbocycles. The Labute approximate surface area is 95.6 Å². The van der Waals surface area contributed by atoms with Gasteiger partial charge in [-0.05, 0) is 19.4 Å². The minimum atomic E-state index is -0.314. The molecule has 1 saturated carbocycles. The van der Waals surface area contributed by atoms with Crippen molar-refractivity contribution in [1.82, 2.24) is 15.5 Å². The summed E-state index contributed by atoms with van der Waals surface area (Å²) in [6.07, 6.45) is 2.89. The van der Waals surface area contributed by atoms with Gasteiger partial charge in [0.1, 0.15) is 0 Å². The van der Waals surface area contributed by atoms with Crippen molar-refractivity contribution in [1.29, 1.82) is 0 Å². The Morgan fingerprint density at radius 3 is 2.69 bits per heavy atom. The van der Waals surface area contributed by atoms with Gasteiger partial charge in [-0.2, -0.15) is 0 Å². The number of hydrogen-bond donors (Lipinski definition) is 2. The first-order valence-electron chi connectivity index (χ1n) is 6.02. The SMILES string of the molecule is CCN(CCNC1CC(=O)NC1=O)C1CC1. The highest BCUT2D eigenvalue weighted by Crippen LogP contribution is 2.25. The van der Waals surface area contributed by atoms with E-state index in [9.17, 15) is 9.59 Å². The van der Waals surface area contributed by atoms with E-state index in [1.165, 1.54) is 12.8 Å². The van der Waals surface area contributed by atoms with Gasteiger partial charge in [0.05, 0.1) is 12.5 Å². The van der Waals surface area contributed by atoms with Crippen LogP contribution in [0.4, 0.5) is 0 Å². The first-order valence-corrected chi connectivity index (χ1v) is 6.02. The molecule has 0 aromatic carbocycles. The van der Waals surface area contributed by atoms with Gasteiger partial charge in [-0.3, -0.25) is 19.8 Å².